The highest BCUT2D eigenvalue weighted by atomic mass is 32.2. The summed E-state index contributed by atoms with van der Waals surface area (Å²) < 4.78 is 5.68. The number of carbonyl (C=O) groups is 2. The maximum absolute atomic E-state index is 11.7. The van der Waals surface area contributed by atoms with Crippen LogP contribution in [0.5, 0.6) is 11.5 Å². The van der Waals surface area contributed by atoms with Crippen LogP contribution in [-0.2, 0) is 4.79 Å². The van der Waals surface area contributed by atoms with E-state index in [1.807, 2.05) is 30.5 Å². The summed E-state index contributed by atoms with van der Waals surface area (Å²) in [6, 6.07) is 14.2. The second-order valence-electron chi connectivity index (χ2n) is 4.38. The molecule has 1 amide bonds. The summed E-state index contributed by atoms with van der Waals surface area (Å²) >= 11 is 1.65. The molecule has 114 valence electrons. The average Bonchev–Trinajstić information content (AvgIpc) is 2.54. The number of carbonyl (C=O) groups excluding carboxylic acids is 1. The van der Waals surface area contributed by atoms with Gasteiger partial charge in [-0.25, -0.2) is 0 Å². The fraction of sp³-hybridized carbons (Fsp3) is 0.125. The molecule has 0 heterocycles. The van der Waals surface area contributed by atoms with E-state index in [2.05, 4.69) is 5.32 Å². The molecule has 0 atom stereocenters. The van der Waals surface area contributed by atoms with Gasteiger partial charge in [-0.05, 0) is 54.8 Å². The molecular formula is C16H15NO4S. The van der Waals surface area contributed by atoms with Crippen LogP contribution in [0.4, 0.5) is 0 Å². The quantitative estimate of drug-likeness (QED) is 0.801. The van der Waals surface area contributed by atoms with E-state index in [0.29, 0.717) is 17.1 Å². The van der Waals surface area contributed by atoms with Gasteiger partial charge in [-0.15, -0.1) is 11.8 Å². The summed E-state index contributed by atoms with van der Waals surface area (Å²) in [5.74, 6) is -0.201. The van der Waals surface area contributed by atoms with Crippen LogP contribution < -0.4 is 10.1 Å². The van der Waals surface area contributed by atoms with Crippen molar-refractivity contribution in [3.05, 3.63) is 54.1 Å². The van der Waals surface area contributed by atoms with Gasteiger partial charge < -0.3 is 15.2 Å². The molecule has 6 heteroatoms. The number of carboxylic acid groups (broad SMARTS) is 1. The normalized spacial score (nSPS) is 10.0. The molecule has 0 aliphatic heterocycles. The Balaban J connectivity index is 1.98. The zero-order chi connectivity index (χ0) is 15.9. The van der Waals surface area contributed by atoms with Crippen LogP contribution in [0.3, 0.4) is 0 Å². The smallest absolute Gasteiger partial charge is 0.322 e. The third-order valence-electron chi connectivity index (χ3n) is 2.81. The van der Waals surface area contributed by atoms with Crippen LogP contribution in [0.25, 0.3) is 0 Å². The van der Waals surface area contributed by atoms with Crippen molar-refractivity contribution < 1.29 is 19.4 Å². The van der Waals surface area contributed by atoms with Crippen LogP contribution in [0.2, 0.25) is 0 Å². The zero-order valence-electron chi connectivity index (χ0n) is 11.9. The lowest BCUT2D eigenvalue weighted by atomic mass is 10.2. The molecule has 0 radical (unpaired) electrons. The van der Waals surface area contributed by atoms with Crippen LogP contribution in [0.15, 0.2) is 53.4 Å². The first-order valence-electron chi connectivity index (χ1n) is 6.50. The van der Waals surface area contributed by atoms with Crippen molar-refractivity contribution in [1.29, 1.82) is 0 Å². The molecule has 0 aliphatic carbocycles. The molecule has 2 rings (SSSR count). The Morgan fingerprint density at radius 3 is 2.09 bits per heavy atom. The fourth-order valence-electron chi connectivity index (χ4n) is 1.71. The predicted octanol–water partition coefficient (Wildman–Crippen LogP) is 3.02. The van der Waals surface area contributed by atoms with Crippen molar-refractivity contribution in [3.63, 3.8) is 0 Å². The number of aliphatic carboxylic acids is 1. The molecule has 0 spiro atoms. The van der Waals surface area contributed by atoms with E-state index < -0.39 is 18.4 Å². The molecule has 22 heavy (non-hydrogen) atoms. The highest BCUT2D eigenvalue weighted by Gasteiger charge is 2.07. The minimum Gasteiger partial charge on any atom is -0.480 e. The number of carboxylic acids is 1. The van der Waals surface area contributed by atoms with Crippen molar-refractivity contribution >= 4 is 23.6 Å². The molecule has 0 unspecified atom stereocenters. The lowest BCUT2D eigenvalue weighted by molar-refractivity contribution is -0.135. The minimum absolute atomic E-state index is 0.381. The van der Waals surface area contributed by atoms with Gasteiger partial charge in [0.2, 0.25) is 0 Å². The summed E-state index contributed by atoms with van der Waals surface area (Å²) in [6.07, 6.45) is 2.00. The van der Waals surface area contributed by atoms with Gasteiger partial charge in [0.15, 0.2) is 0 Å². The molecule has 0 saturated carbocycles. The van der Waals surface area contributed by atoms with Crippen LogP contribution in [0, 0.1) is 0 Å². The molecule has 0 aromatic heterocycles. The van der Waals surface area contributed by atoms with Crippen molar-refractivity contribution in [3.8, 4) is 11.5 Å². The monoisotopic (exact) mass is 317 g/mol. The van der Waals surface area contributed by atoms with Gasteiger partial charge in [-0.3, -0.25) is 9.59 Å². The van der Waals surface area contributed by atoms with Gasteiger partial charge in [0.1, 0.15) is 18.0 Å². The van der Waals surface area contributed by atoms with Crippen molar-refractivity contribution in [2.24, 2.45) is 0 Å². The molecule has 2 aromatic carbocycles. The second kappa shape index (κ2) is 7.51. The first-order valence-corrected chi connectivity index (χ1v) is 7.73. The van der Waals surface area contributed by atoms with Crippen LogP contribution in [-0.4, -0.2) is 29.8 Å². The van der Waals surface area contributed by atoms with E-state index in [9.17, 15) is 9.59 Å². The zero-order valence-corrected chi connectivity index (χ0v) is 12.7. The van der Waals surface area contributed by atoms with E-state index in [-0.39, 0.29) is 0 Å². The molecule has 0 saturated heterocycles. The van der Waals surface area contributed by atoms with E-state index in [4.69, 9.17) is 9.84 Å². The summed E-state index contributed by atoms with van der Waals surface area (Å²) in [7, 11) is 0. The van der Waals surface area contributed by atoms with Crippen LogP contribution >= 0.6 is 11.8 Å². The Morgan fingerprint density at radius 1 is 1.05 bits per heavy atom. The van der Waals surface area contributed by atoms with Crippen molar-refractivity contribution in [2.45, 2.75) is 4.90 Å². The van der Waals surface area contributed by atoms with E-state index >= 15 is 0 Å². The van der Waals surface area contributed by atoms with Gasteiger partial charge in [-0.1, -0.05) is 0 Å². The number of thioether (sulfide) groups is 1. The van der Waals surface area contributed by atoms with E-state index in [1.54, 1.807) is 36.0 Å². The predicted molar refractivity (Wildman–Crippen MR) is 84.7 cm³/mol. The second-order valence-corrected chi connectivity index (χ2v) is 5.26. The highest BCUT2D eigenvalue weighted by molar-refractivity contribution is 7.98. The molecule has 0 aliphatic rings. The number of hydrogen-bond acceptors (Lipinski definition) is 4. The summed E-state index contributed by atoms with van der Waals surface area (Å²) in [5.41, 5.74) is 0.381. The Hall–Kier alpha value is -2.47. The SMILES string of the molecule is CSc1ccc(Oc2ccc(C(=O)NCC(=O)O)cc2)cc1. The summed E-state index contributed by atoms with van der Waals surface area (Å²) in [6.45, 7) is -0.404. The number of ether oxygens (including phenoxy) is 1. The topological polar surface area (TPSA) is 75.6 Å². The standard InChI is InChI=1S/C16H15NO4S/c1-22-14-8-6-13(7-9-14)21-12-4-2-11(3-5-12)16(20)17-10-15(18)19/h2-9H,10H2,1H3,(H,17,20)(H,18,19). The van der Waals surface area contributed by atoms with E-state index in [1.165, 1.54) is 0 Å². The third kappa shape index (κ3) is 4.53. The number of nitrogens with one attached hydrogen (secondary N) is 1. The molecular weight excluding hydrogens is 302 g/mol. The molecule has 0 fully saturated rings. The van der Waals surface area contributed by atoms with Gasteiger partial charge in [-0.2, -0.15) is 0 Å². The lowest BCUT2D eigenvalue weighted by Gasteiger charge is -2.07. The average molecular weight is 317 g/mol. The van der Waals surface area contributed by atoms with Crippen molar-refractivity contribution in [1.82, 2.24) is 5.32 Å². The summed E-state index contributed by atoms with van der Waals surface area (Å²) in [5, 5.41) is 10.8. The number of hydrogen-bond donors (Lipinski definition) is 2. The molecule has 2 N–H and O–H groups in total. The maximum atomic E-state index is 11.7. The Labute approximate surface area is 132 Å². The van der Waals surface area contributed by atoms with Crippen molar-refractivity contribution in [2.75, 3.05) is 12.8 Å². The number of rotatable bonds is 6. The van der Waals surface area contributed by atoms with Gasteiger partial charge in [0, 0.05) is 10.5 Å². The Bertz CT molecular complexity index is 653. The van der Waals surface area contributed by atoms with Gasteiger partial charge >= 0.3 is 5.97 Å². The first-order chi connectivity index (χ1) is 10.6. The maximum Gasteiger partial charge on any atom is 0.322 e. The van der Waals surface area contributed by atoms with Gasteiger partial charge in [0.25, 0.3) is 5.91 Å². The van der Waals surface area contributed by atoms with Gasteiger partial charge in [0.05, 0.1) is 0 Å². The summed E-state index contributed by atoms with van der Waals surface area (Å²) in [4.78, 5) is 23.2. The highest BCUT2D eigenvalue weighted by Crippen LogP contribution is 2.24. The molecule has 0 bridgehead atoms. The molecule has 5 nitrogen and oxygen atoms in total. The van der Waals surface area contributed by atoms with E-state index in [0.717, 1.165) is 4.90 Å². The fourth-order valence-corrected chi connectivity index (χ4v) is 2.12. The lowest BCUT2D eigenvalue weighted by Crippen LogP contribution is -2.29. The molecule has 2 aromatic rings. The minimum atomic E-state index is -1.08. The first kappa shape index (κ1) is 15.9. The Morgan fingerprint density at radius 2 is 1.59 bits per heavy atom. The Kier molecular flexibility index (Phi) is 5.43. The number of amides is 1. The third-order valence-corrected chi connectivity index (χ3v) is 3.56. The largest absolute Gasteiger partial charge is 0.480 e. The van der Waals surface area contributed by atoms with Crippen LogP contribution in [0.1, 0.15) is 10.4 Å². The number of benzene rings is 2.